The van der Waals surface area contributed by atoms with Gasteiger partial charge in [0.15, 0.2) is 11.7 Å². The molecule has 1 amide bonds. The summed E-state index contributed by atoms with van der Waals surface area (Å²) in [6, 6.07) is 7.53. The number of alkyl halides is 3. The highest BCUT2D eigenvalue weighted by Crippen LogP contribution is 2.39. The topological polar surface area (TPSA) is 68.8 Å². The number of carbonyl (C=O) groups is 1. The molecule has 1 aliphatic rings. The van der Waals surface area contributed by atoms with Gasteiger partial charge >= 0.3 is 6.18 Å². The molecule has 1 aliphatic heterocycles. The quantitative estimate of drug-likeness (QED) is 0.409. The molecule has 34 heavy (non-hydrogen) atoms. The highest BCUT2D eigenvalue weighted by atomic mass is 19.4. The summed E-state index contributed by atoms with van der Waals surface area (Å²) < 4.78 is 56.1. The summed E-state index contributed by atoms with van der Waals surface area (Å²) >= 11 is 0. The van der Waals surface area contributed by atoms with E-state index in [1.54, 1.807) is 38.2 Å². The van der Waals surface area contributed by atoms with Gasteiger partial charge in [0, 0.05) is 24.2 Å². The predicted octanol–water partition coefficient (Wildman–Crippen LogP) is 4.59. The Kier molecular flexibility index (Phi) is 5.14. The number of halogens is 4. The summed E-state index contributed by atoms with van der Waals surface area (Å²) in [6.45, 7) is 3.09. The lowest BCUT2D eigenvalue weighted by molar-refractivity contribution is -0.173. The van der Waals surface area contributed by atoms with Crippen molar-refractivity contribution in [3.05, 3.63) is 59.8 Å². The molecule has 176 valence electrons. The van der Waals surface area contributed by atoms with Crippen LogP contribution in [0, 0.1) is 19.7 Å². The second-order valence-corrected chi connectivity index (χ2v) is 8.29. The molecule has 5 rings (SSSR count). The van der Waals surface area contributed by atoms with E-state index in [1.807, 2.05) is 0 Å². The van der Waals surface area contributed by atoms with E-state index < -0.39 is 18.1 Å². The third-order valence-corrected chi connectivity index (χ3v) is 5.96. The van der Waals surface area contributed by atoms with Crippen LogP contribution in [0.4, 0.5) is 23.4 Å². The highest BCUT2D eigenvalue weighted by Gasteiger charge is 2.46. The number of pyridine rings is 1. The summed E-state index contributed by atoms with van der Waals surface area (Å²) in [7, 11) is 0. The van der Waals surface area contributed by atoms with Crippen LogP contribution in [0.2, 0.25) is 0 Å². The van der Waals surface area contributed by atoms with Gasteiger partial charge < -0.3 is 0 Å². The number of carbonyl (C=O) groups excluding carboxylic acids is 1. The normalized spacial score (nSPS) is 16.2. The van der Waals surface area contributed by atoms with Crippen LogP contribution in [-0.4, -0.2) is 43.2 Å². The fourth-order valence-electron chi connectivity index (χ4n) is 4.45. The van der Waals surface area contributed by atoms with Gasteiger partial charge in [-0.15, -0.1) is 0 Å². The van der Waals surface area contributed by atoms with Gasteiger partial charge in [0.2, 0.25) is 5.91 Å². The lowest BCUT2D eigenvalue weighted by Crippen LogP contribution is -2.44. The predicted molar refractivity (Wildman–Crippen MR) is 117 cm³/mol. The number of hydrogen-bond acceptors (Lipinski definition) is 4. The van der Waals surface area contributed by atoms with Crippen molar-refractivity contribution in [3.8, 4) is 11.1 Å². The molecular formula is C23H20F4N6O. The number of rotatable bonds is 3. The van der Waals surface area contributed by atoms with Crippen LogP contribution >= 0.6 is 0 Å². The van der Waals surface area contributed by atoms with Crippen molar-refractivity contribution in [1.82, 2.24) is 24.5 Å². The molecule has 1 aromatic carbocycles. The molecule has 0 bridgehead atoms. The summed E-state index contributed by atoms with van der Waals surface area (Å²) in [5, 5.41) is 9.18. The Morgan fingerprint density at radius 3 is 2.56 bits per heavy atom. The molecule has 4 heterocycles. The van der Waals surface area contributed by atoms with Crippen molar-refractivity contribution in [2.24, 2.45) is 0 Å². The Hall–Kier alpha value is -3.76. The minimum Gasteiger partial charge on any atom is -0.295 e. The van der Waals surface area contributed by atoms with Gasteiger partial charge in [-0.1, -0.05) is 12.1 Å². The van der Waals surface area contributed by atoms with Crippen LogP contribution in [0.15, 0.2) is 42.6 Å². The molecule has 0 spiro atoms. The number of nitrogens with zero attached hydrogens (tertiary/aromatic N) is 6. The number of anilines is 1. The van der Waals surface area contributed by atoms with Crippen LogP contribution in [-0.2, 0) is 11.3 Å². The third-order valence-electron chi connectivity index (χ3n) is 5.96. The average Bonchev–Trinajstić information content (AvgIpc) is 3.32. The maximum absolute atomic E-state index is 13.5. The van der Waals surface area contributed by atoms with Crippen LogP contribution in [0.3, 0.4) is 0 Å². The molecule has 0 aliphatic carbocycles. The van der Waals surface area contributed by atoms with Crippen molar-refractivity contribution in [3.63, 3.8) is 0 Å². The van der Waals surface area contributed by atoms with Gasteiger partial charge in [0.25, 0.3) is 0 Å². The highest BCUT2D eigenvalue weighted by molar-refractivity contribution is 5.97. The smallest absolute Gasteiger partial charge is 0.295 e. The number of aryl methyl sites for hydroxylation is 2. The van der Waals surface area contributed by atoms with E-state index in [9.17, 15) is 22.4 Å². The van der Waals surface area contributed by atoms with E-state index in [4.69, 9.17) is 0 Å². The van der Waals surface area contributed by atoms with E-state index in [0.717, 1.165) is 21.2 Å². The van der Waals surface area contributed by atoms with E-state index >= 15 is 0 Å². The minimum absolute atomic E-state index is 0.0828. The molecule has 1 atom stereocenters. The second kappa shape index (κ2) is 7.93. The van der Waals surface area contributed by atoms with Crippen molar-refractivity contribution in [1.29, 1.82) is 0 Å². The van der Waals surface area contributed by atoms with Gasteiger partial charge in [0.05, 0.1) is 11.4 Å². The Labute approximate surface area is 191 Å². The Morgan fingerprint density at radius 1 is 1.12 bits per heavy atom. The molecule has 7 nitrogen and oxygen atoms in total. The maximum atomic E-state index is 13.5. The summed E-state index contributed by atoms with van der Waals surface area (Å²) in [6.07, 6.45) is -3.16. The van der Waals surface area contributed by atoms with Crippen LogP contribution in [0.5, 0.6) is 0 Å². The van der Waals surface area contributed by atoms with Gasteiger partial charge in [-0.05, 0) is 49.6 Å². The van der Waals surface area contributed by atoms with Gasteiger partial charge in [-0.2, -0.15) is 23.4 Å². The SMILES string of the molecule is Cc1cc2n(n1)C(C(F)(F)F)CCN2C(=O)Cn1nc(C)c2c(-c3ccc(F)cc3)ccnc21. The van der Waals surface area contributed by atoms with E-state index in [2.05, 4.69) is 15.2 Å². The standard InChI is InChI=1S/C23H20F4N6O/c1-13-11-19-31(10-8-18(23(25,26)27)33(19)29-13)20(34)12-32-22-21(14(2)30-32)17(7-9-28-22)15-3-5-16(24)6-4-15/h3-7,9,11,18H,8,10,12H2,1-2H3. The van der Waals surface area contributed by atoms with Crippen LogP contribution < -0.4 is 4.90 Å². The van der Waals surface area contributed by atoms with Crippen molar-refractivity contribution < 1.29 is 22.4 Å². The molecule has 4 aromatic rings. The van der Waals surface area contributed by atoms with E-state index in [-0.39, 0.29) is 31.1 Å². The first-order chi connectivity index (χ1) is 16.1. The Balaban J connectivity index is 1.49. The number of amides is 1. The van der Waals surface area contributed by atoms with E-state index in [1.165, 1.54) is 27.8 Å². The Morgan fingerprint density at radius 2 is 1.85 bits per heavy atom. The second-order valence-electron chi connectivity index (χ2n) is 8.29. The first-order valence-electron chi connectivity index (χ1n) is 10.6. The molecule has 11 heteroatoms. The van der Waals surface area contributed by atoms with Gasteiger partial charge in [-0.3, -0.25) is 9.69 Å². The lowest BCUT2D eigenvalue weighted by Gasteiger charge is -2.33. The fourth-order valence-corrected chi connectivity index (χ4v) is 4.45. The molecular weight excluding hydrogens is 452 g/mol. The maximum Gasteiger partial charge on any atom is 0.410 e. The van der Waals surface area contributed by atoms with Crippen molar-refractivity contribution >= 4 is 22.8 Å². The lowest BCUT2D eigenvalue weighted by atomic mass is 10.0. The third kappa shape index (κ3) is 3.70. The number of hydrogen-bond donors (Lipinski definition) is 0. The monoisotopic (exact) mass is 472 g/mol. The zero-order valence-electron chi connectivity index (χ0n) is 18.3. The van der Waals surface area contributed by atoms with Crippen molar-refractivity contribution in [2.45, 2.75) is 39.0 Å². The van der Waals surface area contributed by atoms with Gasteiger partial charge in [0.1, 0.15) is 18.2 Å². The average molecular weight is 472 g/mol. The van der Waals surface area contributed by atoms with E-state index in [0.29, 0.717) is 17.0 Å². The summed E-state index contributed by atoms with van der Waals surface area (Å²) in [5.74, 6) is -0.653. The fraction of sp³-hybridized carbons (Fsp3) is 0.304. The largest absolute Gasteiger partial charge is 0.410 e. The molecule has 0 fully saturated rings. The number of aromatic nitrogens is 5. The first kappa shape index (κ1) is 22.1. The first-order valence-corrected chi connectivity index (χ1v) is 10.6. The number of benzene rings is 1. The van der Waals surface area contributed by atoms with Gasteiger partial charge in [-0.25, -0.2) is 18.7 Å². The molecule has 3 aromatic heterocycles. The molecule has 0 saturated heterocycles. The Bertz CT molecular complexity index is 1390. The molecule has 0 radical (unpaired) electrons. The minimum atomic E-state index is -4.46. The summed E-state index contributed by atoms with van der Waals surface area (Å²) in [4.78, 5) is 18.9. The van der Waals surface area contributed by atoms with Crippen LogP contribution in [0.25, 0.3) is 22.2 Å². The zero-order chi connectivity index (χ0) is 24.2. The molecule has 0 N–H and O–H groups in total. The van der Waals surface area contributed by atoms with Crippen LogP contribution in [0.1, 0.15) is 23.9 Å². The zero-order valence-corrected chi connectivity index (χ0v) is 18.3. The van der Waals surface area contributed by atoms with Crippen molar-refractivity contribution in [2.75, 3.05) is 11.4 Å². The molecule has 0 saturated carbocycles. The number of fused-ring (bicyclic) bond motifs is 2. The molecule has 1 unspecified atom stereocenters. The summed E-state index contributed by atoms with van der Waals surface area (Å²) in [5.41, 5.74) is 3.06.